The Morgan fingerprint density at radius 2 is 2.19 bits per heavy atom. The Bertz CT molecular complexity index is 344. The zero-order chi connectivity index (χ0) is 12.0. The lowest BCUT2D eigenvalue weighted by Gasteiger charge is -2.15. The quantitative estimate of drug-likeness (QED) is 0.710. The highest BCUT2D eigenvalue weighted by Gasteiger charge is 2.20. The summed E-state index contributed by atoms with van der Waals surface area (Å²) in [6, 6.07) is 8.10. The molecule has 0 aliphatic rings. The standard InChI is InChI=1S/C14H20O2/c1-4-5-9-13(14(15)16-3)12-8-6-7-11(2)10-12/h6-8,10,13H,4-5,9H2,1-3H3. The van der Waals surface area contributed by atoms with Crippen molar-refractivity contribution in [2.24, 2.45) is 0 Å². The molecule has 0 saturated carbocycles. The summed E-state index contributed by atoms with van der Waals surface area (Å²) >= 11 is 0. The number of carbonyl (C=O) groups excluding carboxylic acids is 1. The number of hydrogen-bond acceptors (Lipinski definition) is 2. The van der Waals surface area contributed by atoms with Crippen LogP contribution in [0.15, 0.2) is 24.3 Å². The van der Waals surface area contributed by atoms with Crippen LogP contribution in [0, 0.1) is 6.92 Å². The van der Waals surface area contributed by atoms with Crippen molar-refractivity contribution < 1.29 is 9.53 Å². The lowest BCUT2D eigenvalue weighted by atomic mass is 9.93. The van der Waals surface area contributed by atoms with Gasteiger partial charge in [-0.25, -0.2) is 0 Å². The first kappa shape index (κ1) is 12.8. The van der Waals surface area contributed by atoms with E-state index in [-0.39, 0.29) is 11.9 Å². The second kappa shape index (κ2) is 6.31. The molecule has 1 aromatic rings. The van der Waals surface area contributed by atoms with E-state index in [0.717, 1.165) is 24.8 Å². The van der Waals surface area contributed by atoms with Gasteiger partial charge in [-0.15, -0.1) is 0 Å². The van der Waals surface area contributed by atoms with E-state index in [1.165, 1.54) is 12.7 Å². The molecule has 0 aliphatic heterocycles. The van der Waals surface area contributed by atoms with Crippen molar-refractivity contribution in [1.82, 2.24) is 0 Å². The fraction of sp³-hybridized carbons (Fsp3) is 0.500. The molecule has 0 saturated heterocycles. The molecule has 1 unspecified atom stereocenters. The van der Waals surface area contributed by atoms with Crippen LogP contribution in [0.4, 0.5) is 0 Å². The molecule has 0 heterocycles. The summed E-state index contributed by atoms with van der Waals surface area (Å²) in [5.74, 6) is -0.233. The molecule has 0 bridgehead atoms. The van der Waals surface area contributed by atoms with Gasteiger partial charge < -0.3 is 4.74 Å². The summed E-state index contributed by atoms with van der Waals surface area (Å²) in [7, 11) is 1.46. The van der Waals surface area contributed by atoms with Crippen molar-refractivity contribution in [3.8, 4) is 0 Å². The molecule has 0 N–H and O–H groups in total. The Hall–Kier alpha value is -1.31. The molecular formula is C14H20O2. The fourth-order valence-corrected chi connectivity index (χ4v) is 1.86. The van der Waals surface area contributed by atoms with Gasteiger partial charge in [-0.1, -0.05) is 49.6 Å². The molecule has 1 atom stereocenters. The van der Waals surface area contributed by atoms with Crippen molar-refractivity contribution in [2.75, 3.05) is 7.11 Å². The molecule has 0 spiro atoms. The maximum Gasteiger partial charge on any atom is 0.313 e. The smallest absolute Gasteiger partial charge is 0.313 e. The third-order valence-corrected chi connectivity index (χ3v) is 2.78. The second-order valence-electron chi connectivity index (χ2n) is 4.13. The minimum atomic E-state index is -0.126. The molecule has 0 amide bonds. The normalized spacial score (nSPS) is 12.2. The molecule has 0 radical (unpaired) electrons. The number of methoxy groups -OCH3 is 1. The van der Waals surface area contributed by atoms with Crippen molar-refractivity contribution in [2.45, 2.75) is 39.0 Å². The predicted molar refractivity (Wildman–Crippen MR) is 65.5 cm³/mol. The Labute approximate surface area is 97.6 Å². The van der Waals surface area contributed by atoms with E-state index < -0.39 is 0 Å². The summed E-state index contributed by atoms with van der Waals surface area (Å²) in [5.41, 5.74) is 2.25. The Kier molecular flexibility index (Phi) is 5.03. The molecule has 2 nitrogen and oxygen atoms in total. The van der Waals surface area contributed by atoms with Crippen LogP contribution < -0.4 is 0 Å². The zero-order valence-electron chi connectivity index (χ0n) is 10.3. The third kappa shape index (κ3) is 3.37. The second-order valence-corrected chi connectivity index (χ2v) is 4.13. The van der Waals surface area contributed by atoms with E-state index in [9.17, 15) is 4.79 Å². The van der Waals surface area contributed by atoms with Gasteiger partial charge in [0.1, 0.15) is 0 Å². The van der Waals surface area contributed by atoms with Gasteiger partial charge in [0.05, 0.1) is 13.0 Å². The average molecular weight is 220 g/mol. The summed E-state index contributed by atoms with van der Waals surface area (Å²) in [4.78, 5) is 11.7. The van der Waals surface area contributed by atoms with E-state index in [1.54, 1.807) is 0 Å². The lowest BCUT2D eigenvalue weighted by molar-refractivity contribution is -0.142. The number of rotatable bonds is 5. The monoisotopic (exact) mass is 220 g/mol. The average Bonchev–Trinajstić information content (AvgIpc) is 2.29. The highest BCUT2D eigenvalue weighted by atomic mass is 16.5. The minimum absolute atomic E-state index is 0.107. The van der Waals surface area contributed by atoms with Gasteiger partial charge in [-0.2, -0.15) is 0 Å². The van der Waals surface area contributed by atoms with Gasteiger partial charge in [0.2, 0.25) is 0 Å². The number of hydrogen-bond donors (Lipinski definition) is 0. The largest absolute Gasteiger partial charge is 0.469 e. The van der Waals surface area contributed by atoms with Crippen LogP contribution >= 0.6 is 0 Å². The molecule has 2 heteroatoms. The Balaban J connectivity index is 2.87. The summed E-state index contributed by atoms with van der Waals surface area (Å²) in [6.07, 6.45) is 3.01. The number of aryl methyl sites for hydroxylation is 1. The van der Waals surface area contributed by atoms with Gasteiger partial charge in [0.15, 0.2) is 0 Å². The molecular weight excluding hydrogens is 200 g/mol. The van der Waals surface area contributed by atoms with Gasteiger partial charge in [-0.3, -0.25) is 4.79 Å². The predicted octanol–water partition coefficient (Wildman–Crippen LogP) is 3.44. The molecule has 0 aromatic heterocycles. The number of ether oxygens (including phenoxy) is 1. The maximum absolute atomic E-state index is 11.7. The van der Waals surface area contributed by atoms with Crippen LogP contribution in [0.2, 0.25) is 0 Å². The van der Waals surface area contributed by atoms with E-state index in [2.05, 4.69) is 13.0 Å². The topological polar surface area (TPSA) is 26.3 Å². The first-order valence-corrected chi connectivity index (χ1v) is 5.83. The van der Waals surface area contributed by atoms with Crippen molar-refractivity contribution in [3.63, 3.8) is 0 Å². The van der Waals surface area contributed by atoms with Gasteiger partial charge in [0, 0.05) is 0 Å². The molecule has 1 rings (SSSR count). The zero-order valence-corrected chi connectivity index (χ0v) is 10.3. The summed E-state index contributed by atoms with van der Waals surface area (Å²) < 4.78 is 4.86. The molecule has 88 valence electrons. The van der Waals surface area contributed by atoms with E-state index in [4.69, 9.17) is 4.74 Å². The highest BCUT2D eigenvalue weighted by Crippen LogP contribution is 2.24. The van der Waals surface area contributed by atoms with Crippen LogP contribution in [0.1, 0.15) is 43.2 Å². The number of carbonyl (C=O) groups is 1. The van der Waals surface area contributed by atoms with Crippen LogP contribution in [0.5, 0.6) is 0 Å². The van der Waals surface area contributed by atoms with Crippen LogP contribution in [0.3, 0.4) is 0 Å². The van der Waals surface area contributed by atoms with Gasteiger partial charge in [0.25, 0.3) is 0 Å². The third-order valence-electron chi connectivity index (χ3n) is 2.78. The van der Waals surface area contributed by atoms with Gasteiger partial charge >= 0.3 is 5.97 Å². The number of benzene rings is 1. The maximum atomic E-state index is 11.7. The fourth-order valence-electron chi connectivity index (χ4n) is 1.86. The van der Waals surface area contributed by atoms with Gasteiger partial charge in [-0.05, 0) is 18.9 Å². The van der Waals surface area contributed by atoms with Crippen LogP contribution in [-0.4, -0.2) is 13.1 Å². The summed E-state index contributed by atoms with van der Waals surface area (Å²) in [6.45, 7) is 4.17. The SMILES string of the molecule is CCCCC(C(=O)OC)c1cccc(C)c1. The van der Waals surface area contributed by atoms with E-state index in [1.807, 2.05) is 25.1 Å². The van der Waals surface area contributed by atoms with Crippen molar-refractivity contribution >= 4 is 5.97 Å². The lowest BCUT2D eigenvalue weighted by Crippen LogP contribution is -2.14. The molecule has 0 fully saturated rings. The van der Waals surface area contributed by atoms with E-state index in [0.29, 0.717) is 0 Å². The Morgan fingerprint density at radius 3 is 2.75 bits per heavy atom. The highest BCUT2D eigenvalue weighted by molar-refractivity contribution is 5.78. The van der Waals surface area contributed by atoms with Crippen molar-refractivity contribution in [1.29, 1.82) is 0 Å². The van der Waals surface area contributed by atoms with Crippen molar-refractivity contribution in [3.05, 3.63) is 35.4 Å². The molecule has 0 aliphatic carbocycles. The number of esters is 1. The first-order valence-electron chi connectivity index (χ1n) is 5.83. The first-order chi connectivity index (χ1) is 7.69. The van der Waals surface area contributed by atoms with Crippen LogP contribution in [-0.2, 0) is 9.53 Å². The molecule has 1 aromatic carbocycles. The van der Waals surface area contributed by atoms with E-state index >= 15 is 0 Å². The number of unbranched alkanes of at least 4 members (excludes halogenated alkanes) is 1. The van der Waals surface area contributed by atoms with Crippen LogP contribution in [0.25, 0.3) is 0 Å². The molecule has 16 heavy (non-hydrogen) atoms. The Morgan fingerprint density at radius 1 is 1.44 bits per heavy atom. The summed E-state index contributed by atoms with van der Waals surface area (Å²) in [5, 5.41) is 0. The minimum Gasteiger partial charge on any atom is -0.469 e.